The van der Waals surface area contributed by atoms with E-state index in [0.29, 0.717) is 71.9 Å². The molecular formula is C34H38ClN7O5. The molecule has 3 aromatic heterocycles. The molecule has 1 atom stereocenters. The van der Waals surface area contributed by atoms with Gasteiger partial charge in [-0.05, 0) is 48.7 Å². The molecule has 0 radical (unpaired) electrons. The second-order valence-electron chi connectivity index (χ2n) is 11.0. The number of nitrogens with one attached hydrogen (secondary N) is 4. The summed E-state index contributed by atoms with van der Waals surface area (Å²) < 4.78 is 11.1. The topological polar surface area (TPSA) is 160 Å². The minimum absolute atomic E-state index is 0.0238. The molecule has 5 N–H and O–H groups in total. The highest BCUT2D eigenvalue weighted by Crippen LogP contribution is 2.38. The Kier molecular flexibility index (Phi) is 11.3. The van der Waals surface area contributed by atoms with Crippen molar-refractivity contribution in [2.45, 2.75) is 38.9 Å². The second kappa shape index (κ2) is 15.8. The van der Waals surface area contributed by atoms with Crippen LogP contribution in [0.1, 0.15) is 40.0 Å². The number of nitrogens with zero attached hydrogens (tertiary/aromatic N) is 3. The lowest BCUT2D eigenvalue weighted by Crippen LogP contribution is -2.35. The van der Waals surface area contributed by atoms with Crippen molar-refractivity contribution in [2.75, 3.05) is 39.2 Å². The van der Waals surface area contributed by atoms with Gasteiger partial charge in [0.25, 0.3) is 5.91 Å². The molecule has 12 nitrogen and oxygen atoms in total. The molecule has 0 saturated carbocycles. The van der Waals surface area contributed by atoms with E-state index >= 15 is 0 Å². The summed E-state index contributed by atoms with van der Waals surface area (Å²) >= 11 is 6.98. The summed E-state index contributed by atoms with van der Waals surface area (Å²) in [7, 11) is 3.06. The molecule has 1 saturated heterocycles. The number of carbonyl (C=O) groups excluding carboxylic acids is 2. The predicted octanol–water partition coefficient (Wildman–Crippen LogP) is 3.89. The molecule has 0 bridgehead atoms. The summed E-state index contributed by atoms with van der Waals surface area (Å²) in [5, 5.41) is 21.8. The highest BCUT2D eigenvalue weighted by Gasteiger charge is 2.22. The summed E-state index contributed by atoms with van der Waals surface area (Å²) in [6.07, 6.45) is 4.66. The van der Waals surface area contributed by atoms with Gasteiger partial charge in [-0.1, -0.05) is 29.8 Å². The van der Waals surface area contributed by atoms with Gasteiger partial charge in [-0.3, -0.25) is 14.6 Å². The molecule has 0 aliphatic carbocycles. The number of amides is 2. The van der Waals surface area contributed by atoms with Gasteiger partial charge in [0.05, 0.1) is 37.2 Å². The van der Waals surface area contributed by atoms with E-state index in [4.69, 9.17) is 31.2 Å². The number of aliphatic hydroxyl groups excluding tert-OH is 1. The Morgan fingerprint density at radius 3 is 2.68 bits per heavy atom. The van der Waals surface area contributed by atoms with Crippen molar-refractivity contribution in [1.29, 1.82) is 0 Å². The fourth-order valence-electron chi connectivity index (χ4n) is 5.40. The smallest absolute Gasteiger partial charge is 0.278 e. The van der Waals surface area contributed by atoms with E-state index in [1.165, 1.54) is 7.11 Å². The summed E-state index contributed by atoms with van der Waals surface area (Å²) in [6, 6.07) is 13.0. The minimum atomic E-state index is -0.427. The van der Waals surface area contributed by atoms with Gasteiger partial charge in [0, 0.05) is 73.4 Å². The molecule has 1 unspecified atom stereocenters. The van der Waals surface area contributed by atoms with Crippen LogP contribution in [-0.4, -0.2) is 71.8 Å². The molecular weight excluding hydrogens is 622 g/mol. The van der Waals surface area contributed by atoms with Crippen LogP contribution in [0.4, 0.5) is 5.69 Å². The zero-order chi connectivity index (χ0) is 33.3. The van der Waals surface area contributed by atoms with E-state index in [9.17, 15) is 9.59 Å². The summed E-state index contributed by atoms with van der Waals surface area (Å²) in [5.74, 6) is 0.469. The van der Waals surface area contributed by atoms with Crippen molar-refractivity contribution in [3.05, 3.63) is 82.3 Å². The first-order valence-electron chi connectivity index (χ1n) is 15.3. The molecule has 1 aromatic carbocycles. The number of halogens is 1. The van der Waals surface area contributed by atoms with Gasteiger partial charge in [0.15, 0.2) is 11.4 Å². The molecule has 5 rings (SSSR count). The fourth-order valence-corrected chi connectivity index (χ4v) is 5.71. The quantitative estimate of drug-likeness (QED) is 0.126. The minimum Gasteiger partial charge on any atom is -0.494 e. The maximum absolute atomic E-state index is 13.3. The second-order valence-corrected chi connectivity index (χ2v) is 11.4. The Bertz CT molecular complexity index is 1750. The molecule has 246 valence electrons. The Morgan fingerprint density at radius 2 is 1.94 bits per heavy atom. The standard InChI is InChI=1S/C34H38ClN7O5/c1-20-24(5-4-6-26(20)41-33(45)32-28(46-2)15-21(17-39-32)16-36-13-14-43)31-30(35)25(11-12-38-31)27-9-7-22(34(42-27)47-3)18-37-19-23-8-10-29(44)40-23/h4-7,9,11-12,15,17,23,36-37,43H,8,10,13-14,16,18-19H2,1-3H3,(H,40,44)(H,41,45). The van der Waals surface area contributed by atoms with Crippen molar-refractivity contribution in [1.82, 2.24) is 30.9 Å². The number of aromatic nitrogens is 3. The Labute approximate surface area is 278 Å². The molecule has 1 aliphatic heterocycles. The number of carbonyl (C=O) groups is 2. The molecule has 4 aromatic rings. The summed E-state index contributed by atoms with van der Waals surface area (Å²) in [4.78, 5) is 38.5. The lowest BCUT2D eigenvalue weighted by atomic mass is 10.0. The van der Waals surface area contributed by atoms with Gasteiger partial charge in [0.2, 0.25) is 11.8 Å². The van der Waals surface area contributed by atoms with E-state index in [-0.39, 0.29) is 24.2 Å². The fraction of sp³-hybridized carbons (Fsp3) is 0.324. The molecule has 0 spiro atoms. The Balaban J connectivity index is 1.34. The first kappa shape index (κ1) is 33.7. The normalized spacial score (nSPS) is 14.1. The molecule has 2 amide bonds. The third-order valence-corrected chi connectivity index (χ3v) is 8.27. The van der Waals surface area contributed by atoms with Gasteiger partial charge in [-0.25, -0.2) is 9.97 Å². The van der Waals surface area contributed by atoms with Crippen molar-refractivity contribution >= 4 is 29.1 Å². The largest absolute Gasteiger partial charge is 0.494 e. The molecule has 4 heterocycles. The average molecular weight is 660 g/mol. The first-order chi connectivity index (χ1) is 22.8. The van der Waals surface area contributed by atoms with Crippen molar-refractivity contribution < 1.29 is 24.2 Å². The molecule has 1 aliphatic rings. The van der Waals surface area contributed by atoms with Crippen LogP contribution >= 0.6 is 11.6 Å². The van der Waals surface area contributed by atoms with Gasteiger partial charge in [-0.2, -0.15) is 0 Å². The van der Waals surface area contributed by atoms with Crippen LogP contribution in [0.15, 0.2) is 54.9 Å². The van der Waals surface area contributed by atoms with E-state index in [0.717, 1.165) is 28.7 Å². The maximum Gasteiger partial charge on any atom is 0.278 e. The SMILES string of the molecule is COc1cc(CNCCO)cnc1C(=O)Nc1cccc(-c2nccc(-c3ccc(CNCC4CCC(=O)N4)c(OC)n3)c2Cl)c1C. The van der Waals surface area contributed by atoms with Crippen LogP contribution in [0.5, 0.6) is 11.6 Å². The van der Waals surface area contributed by atoms with Gasteiger partial charge < -0.3 is 35.8 Å². The third kappa shape index (κ3) is 8.03. The number of methoxy groups -OCH3 is 2. The number of anilines is 1. The number of benzene rings is 1. The van der Waals surface area contributed by atoms with Gasteiger partial charge >= 0.3 is 0 Å². The Hall–Kier alpha value is -4.62. The van der Waals surface area contributed by atoms with Crippen molar-refractivity contribution in [3.63, 3.8) is 0 Å². The van der Waals surface area contributed by atoms with Crippen LogP contribution in [0.25, 0.3) is 22.5 Å². The van der Waals surface area contributed by atoms with E-state index in [2.05, 4.69) is 31.2 Å². The maximum atomic E-state index is 13.3. The van der Waals surface area contributed by atoms with Crippen LogP contribution in [0.2, 0.25) is 5.02 Å². The molecule has 47 heavy (non-hydrogen) atoms. The first-order valence-corrected chi connectivity index (χ1v) is 15.6. The Morgan fingerprint density at radius 1 is 1.09 bits per heavy atom. The monoisotopic (exact) mass is 659 g/mol. The van der Waals surface area contributed by atoms with Crippen molar-refractivity contribution in [2.24, 2.45) is 0 Å². The number of rotatable bonds is 14. The number of pyridine rings is 3. The van der Waals surface area contributed by atoms with E-state index in [1.54, 1.807) is 37.7 Å². The molecule has 1 fully saturated rings. The molecule has 13 heteroatoms. The lowest BCUT2D eigenvalue weighted by Gasteiger charge is -2.16. The highest BCUT2D eigenvalue weighted by atomic mass is 35.5. The van der Waals surface area contributed by atoms with E-state index < -0.39 is 5.91 Å². The summed E-state index contributed by atoms with van der Waals surface area (Å²) in [5.41, 5.74) is 5.76. The number of hydrogen-bond acceptors (Lipinski definition) is 10. The zero-order valence-corrected chi connectivity index (χ0v) is 27.3. The van der Waals surface area contributed by atoms with Crippen LogP contribution in [-0.2, 0) is 17.9 Å². The van der Waals surface area contributed by atoms with Crippen LogP contribution in [0.3, 0.4) is 0 Å². The van der Waals surface area contributed by atoms with Gasteiger partial charge in [0.1, 0.15) is 0 Å². The predicted molar refractivity (Wildman–Crippen MR) is 180 cm³/mol. The van der Waals surface area contributed by atoms with Crippen molar-refractivity contribution in [3.8, 4) is 34.1 Å². The van der Waals surface area contributed by atoms with Crippen LogP contribution in [0, 0.1) is 6.92 Å². The zero-order valence-electron chi connectivity index (χ0n) is 26.5. The third-order valence-electron chi connectivity index (χ3n) is 7.89. The van der Waals surface area contributed by atoms with Gasteiger partial charge in [-0.15, -0.1) is 0 Å². The average Bonchev–Trinajstić information content (AvgIpc) is 3.50. The number of ether oxygens (including phenoxy) is 2. The van der Waals surface area contributed by atoms with Crippen LogP contribution < -0.4 is 30.7 Å². The number of aliphatic hydroxyl groups is 1. The number of hydrogen-bond donors (Lipinski definition) is 5. The van der Waals surface area contributed by atoms with E-state index in [1.807, 2.05) is 31.2 Å². The summed E-state index contributed by atoms with van der Waals surface area (Å²) in [6.45, 7) is 4.03. The highest BCUT2D eigenvalue weighted by molar-refractivity contribution is 6.35. The lowest BCUT2D eigenvalue weighted by molar-refractivity contribution is -0.119.